The van der Waals surface area contributed by atoms with Gasteiger partial charge in [-0.1, -0.05) is 19.3 Å². The van der Waals surface area contributed by atoms with Gasteiger partial charge in [0.05, 0.1) is 6.61 Å². The average molecular weight is 171 g/mol. The van der Waals surface area contributed by atoms with E-state index >= 15 is 0 Å². The van der Waals surface area contributed by atoms with Crippen molar-refractivity contribution in [3.8, 4) is 0 Å². The molecule has 1 unspecified atom stereocenters. The van der Waals surface area contributed by atoms with Crippen LogP contribution >= 0.6 is 0 Å². The standard InChI is InChI=1S/C10H21NO/c1-3-12-11-9(2)10-7-5-4-6-8-10/h9-11H,3-8H2,1-2H3. The second kappa shape index (κ2) is 5.55. The highest BCUT2D eigenvalue weighted by Crippen LogP contribution is 2.26. The van der Waals surface area contributed by atoms with Crippen molar-refractivity contribution in [3.05, 3.63) is 0 Å². The van der Waals surface area contributed by atoms with Crippen molar-refractivity contribution in [2.24, 2.45) is 5.92 Å². The van der Waals surface area contributed by atoms with Crippen LogP contribution in [0, 0.1) is 5.92 Å². The summed E-state index contributed by atoms with van der Waals surface area (Å²) < 4.78 is 0. The summed E-state index contributed by atoms with van der Waals surface area (Å²) in [7, 11) is 0. The van der Waals surface area contributed by atoms with E-state index in [1.165, 1.54) is 32.1 Å². The Labute approximate surface area is 75.6 Å². The molecule has 0 spiro atoms. The van der Waals surface area contributed by atoms with E-state index in [4.69, 9.17) is 4.84 Å². The highest BCUT2D eigenvalue weighted by molar-refractivity contribution is 4.73. The molecule has 1 atom stereocenters. The molecule has 0 heterocycles. The Morgan fingerprint density at radius 1 is 1.33 bits per heavy atom. The summed E-state index contributed by atoms with van der Waals surface area (Å²) in [4.78, 5) is 5.20. The summed E-state index contributed by atoms with van der Waals surface area (Å²) in [6, 6.07) is 0.533. The molecule has 1 saturated carbocycles. The van der Waals surface area contributed by atoms with Crippen molar-refractivity contribution in [3.63, 3.8) is 0 Å². The smallest absolute Gasteiger partial charge is 0.0654 e. The first-order chi connectivity index (χ1) is 5.84. The zero-order valence-corrected chi connectivity index (χ0v) is 8.31. The van der Waals surface area contributed by atoms with Crippen LogP contribution in [0.3, 0.4) is 0 Å². The van der Waals surface area contributed by atoms with Gasteiger partial charge in [0, 0.05) is 6.04 Å². The van der Waals surface area contributed by atoms with Crippen LogP contribution in [0.4, 0.5) is 0 Å². The lowest BCUT2D eigenvalue weighted by Crippen LogP contribution is -2.34. The number of hydroxylamine groups is 1. The molecule has 0 radical (unpaired) electrons. The van der Waals surface area contributed by atoms with Crippen molar-refractivity contribution in [2.45, 2.75) is 52.0 Å². The Balaban J connectivity index is 2.15. The largest absolute Gasteiger partial charge is 0.302 e. The molecule has 72 valence electrons. The van der Waals surface area contributed by atoms with Crippen LogP contribution in [-0.4, -0.2) is 12.6 Å². The summed E-state index contributed by atoms with van der Waals surface area (Å²) in [5.74, 6) is 0.838. The fraction of sp³-hybridized carbons (Fsp3) is 1.00. The molecule has 1 rings (SSSR count). The van der Waals surface area contributed by atoms with Crippen LogP contribution in [0.5, 0.6) is 0 Å². The zero-order chi connectivity index (χ0) is 8.81. The predicted octanol–water partition coefficient (Wildman–Crippen LogP) is 2.50. The molecule has 2 heteroatoms. The normalized spacial score (nSPS) is 22.5. The summed E-state index contributed by atoms with van der Waals surface area (Å²) >= 11 is 0. The Bertz CT molecular complexity index is 110. The van der Waals surface area contributed by atoms with Crippen molar-refractivity contribution >= 4 is 0 Å². The highest BCUT2D eigenvalue weighted by Gasteiger charge is 2.19. The van der Waals surface area contributed by atoms with E-state index in [9.17, 15) is 0 Å². The summed E-state index contributed by atoms with van der Waals surface area (Å²) in [6.07, 6.45) is 6.99. The Morgan fingerprint density at radius 2 is 2.00 bits per heavy atom. The maximum absolute atomic E-state index is 5.20. The van der Waals surface area contributed by atoms with E-state index in [-0.39, 0.29) is 0 Å². The third kappa shape index (κ3) is 3.11. The van der Waals surface area contributed by atoms with Crippen molar-refractivity contribution in [1.29, 1.82) is 0 Å². The lowest BCUT2D eigenvalue weighted by atomic mass is 9.85. The molecule has 0 saturated heterocycles. The van der Waals surface area contributed by atoms with Gasteiger partial charge in [-0.3, -0.25) is 0 Å². The third-order valence-corrected chi connectivity index (χ3v) is 2.77. The molecule has 2 nitrogen and oxygen atoms in total. The molecule has 0 aliphatic heterocycles. The Kier molecular flexibility index (Phi) is 4.62. The van der Waals surface area contributed by atoms with Crippen molar-refractivity contribution in [1.82, 2.24) is 5.48 Å². The molecule has 0 amide bonds. The summed E-state index contributed by atoms with van der Waals surface area (Å²) in [5, 5.41) is 0. The molecule has 0 aromatic rings. The van der Waals surface area contributed by atoms with Gasteiger partial charge >= 0.3 is 0 Å². The Hall–Kier alpha value is -0.0800. The van der Waals surface area contributed by atoms with Gasteiger partial charge in [-0.2, -0.15) is 5.48 Å². The van der Waals surface area contributed by atoms with Crippen LogP contribution in [-0.2, 0) is 4.84 Å². The van der Waals surface area contributed by atoms with Gasteiger partial charge in [0.15, 0.2) is 0 Å². The van der Waals surface area contributed by atoms with Gasteiger partial charge in [-0.05, 0) is 32.6 Å². The number of rotatable bonds is 4. The minimum Gasteiger partial charge on any atom is -0.302 e. The lowest BCUT2D eigenvalue weighted by molar-refractivity contribution is 0.00888. The number of hydrogen-bond acceptors (Lipinski definition) is 2. The fourth-order valence-corrected chi connectivity index (χ4v) is 1.95. The van der Waals surface area contributed by atoms with Crippen molar-refractivity contribution < 1.29 is 4.84 Å². The van der Waals surface area contributed by atoms with E-state index in [1.54, 1.807) is 0 Å². The van der Waals surface area contributed by atoms with Crippen LogP contribution in [0.15, 0.2) is 0 Å². The van der Waals surface area contributed by atoms with E-state index in [0.29, 0.717) is 6.04 Å². The molecule has 0 bridgehead atoms. The molecule has 12 heavy (non-hydrogen) atoms. The fourth-order valence-electron chi connectivity index (χ4n) is 1.95. The van der Waals surface area contributed by atoms with Gasteiger partial charge in [-0.25, -0.2) is 0 Å². The first kappa shape index (κ1) is 10.0. The molecule has 1 aliphatic carbocycles. The van der Waals surface area contributed by atoms with Crippen molar-refractivity contribution in [2.75, 3.05) is 6.61 Å². The number of hydrogen-bond donors (Lipinski definition) is 1. The monoisotopic (exact) mass is 171 g/mol. The van der Waals surface area contributed by atoms with Gasteiger partial charge in [0.1, 0.15) is 0 Å². The van der Waals surface area contributed by atoms with E-state index < -0.39 is 0 Å². The first-order valence-electron chi connectivity index (χ1n) is 5.22. The maximum atomic E-state index is 5.20. The SMILES string of the molecule is CCONC(C)C1CCCCC1. The zero-order valence-electron chi connectivity index (χ0n) is 8.31. The first-order valence-corrected chi connectivity index (χ1v) is 5.22. The van der Waals surface area contributed by atoms with E-state index in [2.05, 4.69) is 12.4 Å². The molecular formula is C10H21NO. The molecular weight excluding hydrogens is 150 g/mol. The number of nitrogens with one attached hydrogen (secondary N) is 1. The maximum Gasteiger partial charge on any atom is 0.0654 e. The second-order valence-electron chi connectivity index (χ2n) is 3.74. The van der Waals surface area contributed by atoms with Crippen LogP contribution < -0.4 is 5.48 Å². The van der Waals surface area contributed by atoms with Gasteiger partial charge in [0.25, 0.3) is 0 Å². The Morgan fingerprint density at radius 3 is 2.58 bits per heavy atom. The van der Waals surface area contributed by atoms with Gasteiger partial charge in [0.2, 0.25) is 0 Å². The molecule has 1 N–H and O–H groups in total. The highest BCUT2D eigenvalue weighted by atomic mass is 16.6. The van der Waals surface area contributed by atoms with Gasteiger partial charge < -0.3 is 4.84 Å². The topological polar surface area (TPSA) is 21.3 Å². The average Bonchev–Trinajstić information content (AvgIpc) is 2.15. The van der Waals surface area contributed by atoms with Crippen LogP contribution in [0.2, 0.25) is 0 Å². The molecule has 0 aromatic carbocycles. The summed E-state index contributed by atoms with van der Waals surface area (Å²) in [5.41, 5.74) is 3.10. The minimum absolute atomic E-state index is 0.533. The molecule has 0 aromatic heterocycles. The van der Waals surface area contributed by atoms with Crippen LogP contribution in [0.25, 0.3) is 0 Å². The minimum atomic E-state index is 0.533. The van der Waals surface area contributed by atoms with Crippen LogP contribution in [0.1, 0.15) is 46.0 Å². The van der Waals surface area contributed by atoms with E-state index in [1.807, 2.05) is 6.92 Å². The summed E-state index contributed by atoms with van der Waals surface area (Å²) in [6.45, 7) is 5.00. The third-order valence-electron chi connectivity index (χ3n) is 2.77. The lowest BCUT2D eigenvalue weighted by Gasteiger charge is -2.27. The van der Waals surface area contributed by atoms with Gasteiger partial charge in [-0.15, -0.1) is 0 Å². The van der Waals surface area contributed by atoms with E-state index in [0.717, 1.165) is 12.5 Å². The predicted molar refractivity (Wildman–Crippen MR) is 50.8 cm³/mol. The molecule has 1 fully saturated rings. The second-order valence-corrected chi connectivity index (χ2v) is 3.74. The quantitative estimate of drug-likeness (QED) is 0.656. The molecule has 1 aliphatic rings.